The van der Waals surface area contributed by atoms with Crippen molar-refractivity contribution in [1.29, 1.82) is 0 Å². The monoisotopic (exact) mass is 200 g/mol. The van der Waals surface area contributed by atoms with E-state index in [2.05, 4.69) is 0 Å². The van der Waals surface area contributed by atoms with Crippen molar-refractivity contribution in [3.63, 3.8) is 0 Å². The van der Waals surface area contributed by atoms with E-state index in [1.54, 1.807) is 6.08 Å². The first-order valence-electron chi connectivity index (χ1n) is 4.55. The number of rotatable bonds is 6. The van der Waals surface area contributed by atoms with E-state index >= 15 is 0 Å². The molecule has 2 N–H and O–H groups in total. The number of allylic oxidation sites excluding steroid dienone is 1. The third-order valence-corrected chi connectivity index (χ3v) is 1.97. The van der Waals surface area contributed by atoms with Gasteiger partial charge in [0.25, 0.3) is 0 Å². The molecule has 1 atom stereocenters. The van der Waals surface area contributed by atoms with Gasteiger partial charge in [-0.1, -0.05) is 13.0 Å². The van der Waals surface area contributed by atoms with Crippen molar-refractivity contribution < 1.29 is 19.8 Å². The Morgan fingerprint density at radius 2 is 1.93 bits per heavy atom. The Bertz CT molecular complexity index is 243. The minimum Gasteiger partial charge on any atom is -0.481 e. The Kier molecular flexibility index (Phi) is 5.60. The Balaban J connectivity index is 3.78. The predicted molar refractivity (Wildman–Crippen MR) is 52.0 cm³/mol. The number of hydrogen-bond donors (Lipinski definition) is 2. The summed E-state index contributed by atoms with van der Waals surface area (Å²) in [7, 11) is 0. The molecule has 0 amide bonds. The third-order valence-electron chi connectivity index (χ3n) is 1.97. The van der Waals surface area contributed by atoms with Crippen molar-refractivity contribution in [1.82, 2.24) is 0 Å². The highest BCUT2D eigenvalue weighted by Gasteiger charge is 2.06. The molecule has 0 aliphatic heterocycles. The van der Waals surface area contributed by atoms with Gasteiger partial charge < -0.3 is 10.2 Å². The van der Waals surface area contributed by atoms with Gasteiger partial charge in [-0.2, -0.15) is 0 Å². The molecule has 14 heavy (non-hydrogen) atoms. The number of carboxylic acids is 2. The summed E-state index contributed by atoms with van der Waals surface area (Å²) in [5, 5.41) is 17.0. The minimum absolute atomic E-state index is 0.0883. The molecule has 0 radical (unpaired) electrons. The molecule has 0 aromatic rings. The highest BCUT2D eigenvalue weighted by Crippen LogP contribution is 2.11. The lowest BCUT2D eigenvalue weighted by Gasteiger charge is -2.05. The number of aliphatic carboxylic acids is 2. The summed E-state index contributed by atoms with van der Waals surface area (Å²) in [6.07, 6.45) is 3.09. The van der Waals surface area contributed by atoms with E-state index in [0.717, 1.165) is 0 Å². The fourth-order valence-electron chi connectivity index (χ4n) is 1.07. The molecule has 80 valence electrons. The molecule has 4 heteroatoms. The van der Waals surface area contributed by atoms with Crippen LogP contribution in [-0.4, -0.2) is 22.2 Å². The van der Waals surface area contributed by atoms with Crippen molar-refractivity contribution in [2.45, 2.75) is 33.1 Å². The molecule has 0 saturated heterocycles. The largest absolute Gasteiger partial charge is 0.481 e. The average Bonchev–Trinajstić information content (AvgIpc) is 2.02. The number of carbonyl (C=O) groups is 2. The second-order valence-electron chi connectivity index (χ2n) is 3.47. The molecular formula is C10H16O4. The van der Waals surface area contributed by atoms with Crippen LogP contribution in [0.4, 0.5) is 0 Å². The zero-order chi connectivity index (χ0) is 11.1. The lowest BCUT2D eigenvalue weighted by Crippen LogP contribution is -2.04. The highest BCUT2D eigenvalue weighted by atomic mass is 16.4. The smallest absolute Gasteiger partial charge is 0.330 e. The third kappa shape index (κ3) is 6.22. The molecular weight excluding hydrogens is 184 g/mol. The van der Waals surface area contributed by atoms with E-state index in [1.165, 1.54) is 6.92 Å². The first kappa shape index (κ1) is 12.7. The Morgan fingerprint density at radius 1 is 1.36 bits per heavy atom. The van der Waals surface area contributed by atoms with Crippen LogP contribution in [0.5, 0.6) is 0 Å². The number of carboxylic acid groups (broad SMARTS) is 2. The van der Waals surface area contributed by atoms with Gasteiger partial charge in [-0.15, -0.1) is 0 Å². The zero-order valence-electron chi connectivity index (χ0n) is 8.49. The van der Waals surface area contributed by atoms with E-state index < -0.39 is 11.9 Å². The van der Waals surface area contributed by atoms with Crippen LogP contribution in [0.3, 0.4) is 0 Å². The zero-order valence-corrected chi connectivity index (χ0v) is 8.49. The van der Waals surface area contributed by atoms with Gasteiger partial charge in [-0.25, -0.2) is 4.79 Å². The fourth-order valence-corrected chi connectivity index (χ4v) is 1.07. The van der Waals surface area contributed by atoms with Gasteiger partial charge in [0.2, 0.25) is 0 Å². The summed E-state index contributed by atoms with van der Waals surface area (Å²) < 4.78 is 0. The fraction of sp³-hybridized carbons (Fsp3) is 0.600. The van der Waals surface area contributed by atoms with Crippen molar-refractivity contribution in [2.24, 2.45) is 5.92 Å². The van der Waals surface area contributed by atoms with E-state index in [-0.39, 0.29) is 12.3 Å². The Morgan fingerprint density at radius 3 is 2.36 bits per heavy atom. The second-order valence-corrected chi connectivity index (χ2v) is 3.47. The molecule has 0 heterocycles. The molecule has 0 saturated carbocycles. The van der Waals surface area contributed by atoms with E-state index in [0.29, 0.717) is 18.4 Å². The number of hydrogen-bond acceptors (Lipinski definition) is 2. The van der Waals surface area contributed by atoms with Crippen molar-refractivity contribution in [3.05, 3.63) is 11.6 Å². The van der Waals surface area contributed by atoms with Crippen molar-refractivity contribution >= 4 is 11.9 Å². The van der Waals surface area contributed by atoms with E-state index in [4.69, 9.17) is 10.2 Å². The second kappa shape index (κ2) is 6.18. The molecule has 0 fully saturated rings. The van der Waals surface area contributed by atoms with Gasteiger partial charge in [0.15, 0.2) is 0 Å². The van der Waals surface area contributed by atoms with Crippen LogP contribution >= 0.6 is 0 Å². The summed E-state index contributed by atoms with van der Waals surface area (Å²) in [5.41, 5.74) is 0.313. The normalized spacial score (nSPS) is 13.7. The van der Waals surface area contributed by atoms with Crippen LogP contribution in [0, 0.1) is 5.92 Å². The van der Waals surface area contributed by atoms with Crippen LogP contribution in [-0.2, 0) is 9.59 Å². The molecule has 0 bridgehead atoms. The topological polar surface area (TPSA) is 74.6 Å². The van der Waals surface area contributed by atoms with Gasteiger partial charge in [-0.05, 0) is 25.7 Å². The molecule has 0 aromatic heterocycles. The van der Waals surface area contributed by atoms with Crippen LogP contribution in [0.25, 0.3) is 0 Å². The van der Waals surface area contributed by atoms with Crippen molar-refractivity contribution in [3.8, 4) is 0 Å². The standard InChI is InChI=1S/C10H16O4/c1-7(6-9(11)12)4-3-5-8(2)10(13)14/h5,7H,3-4,6H2,1-2H3,(H,11,12)(H,13,14)/b8-5+/t7-/m0/s1. The first-order chi connectivity index (χ1) is 6.43. The first-order valence-corrected chi connectivity index (χ1v) is 4.55. The Labute approximate surface area is 83.2 Å². The quantitative estimate of drug-likeness (QED) is 0.642. The molecule has 4 nitrogen and oxygen atoms in total. The summed E-state index contributed by atoms with van der Waals surface area (Å²) >= 11 is 0. The van der Waals surface area contributed by atoms with E-state index in [9.17, 15) is 9.59 Å². The SMILES string of the molecule is C/C(=C\CC[C@H](C)CC(=O)O)C(=O)O. The summed E-state index contributed by atoms with van der Waals surface area (Å²) in [5.74, 6) is -1.64. The minimum atomic E-state index is -0.920. The summed E-state index contributed by atoms with van der Waals surface area (Å²) in [6, 6.07) is 0. The molecule has 0 unspecified atom stereocenters. The highest BCUT2D eigenvalue weighted by molar-refractivity contribution is 5.85. The maximum absolute atomic E-state index is 10.4. The van der Waals surface area contributed by atoms with Crippen LogP contribution in [0.15, 0.2) is 11.6 Å². The molecule has 0 spiro atoms. The Hall–Kier alpha value is -1.32. The maximum atomic E-state index is 10.4. The van der Waals surface area contributed by atoms with E-state index in [1.807, 2.05) is 6.92 Å². The maximum Gasteiger partial charge on any atom is 0.330 e. The predicted octanol–water partition coefficient (Wildman–Crippen LogP) is 1.91. The van der Waals surface area contributed by atoms with Gasteiger partial charge >= 0.3 is 11.9 Å². The average molecular weight is 200 g/mol. The lowest BCUT2D eigenvalue weighted by atomic mass is 10.0. The van der Waals surface area contributed by atoms with Crippen molar-refractivity contribution in [2.75, 3.05) is 0 Å². The molecule has 0 aromatic carbocycles. The van der Waals surface area contributed by atoms with Gasteiger partial charge in [0.1, 0.15) is 0 Å². The molecule has 0 rings (SSSR count). The summed E-state index contributed by atoms with van der Waals surface area (Å²) in [4.78, 5) is 20.7. The van der Waals surface area contributed by atoms with Crippen LogP contribution in [0.1, 0.15) is 33.1 Å². The van der Waals surface area contributed by atoms with Gasteiger partial charge in [0, 0.05) is 12.0 Å². The van der Waals surface area contributed by atoms with Crippen LogP contribution < -0.4 is 0 Å². The van der Waals surface area contributed by atoms with Gasteiger partial charge in [-0.3, -0.25) is 4.79 Å². The van der Waals surface area contributed by atoms with Crippen LogP contribution in [0.2, 0.25) is 0 Å². The molecule has 0 aliphatic carbocycles. The van der Waals surface area contributed by atoms with Gasteiger partial charge in [0.05, 0.1) is 0 Å². The molecule has 0 aliphatic rings. The lowest BCUT2D eigenvalue weighted by molar-refractivity contribution is -0.138. The summed E-state index contributed by atoms with van der Waals surface area (Å²) in [6.45, 7) is 3.38.